The van der Waals surface area contributed by atoms with E-state index in [-0.39, 0.29) is 49.1 Å². The Bertz CT molecular complexity index is 578. The fraction of sp³-hybridized carbons (Fsp3) is 0.438. The van der Waals surface area contributed by atoms with Gasteiger partial charge in [0.15, 0.2) is 0 Å². The summed E-state index contributed by atoms with van der Waals surface area (Å²) in [5.41, 5.74) is 7.01. The predicted molar refractivity (Wildman–Crippen MR) is 94.8 cm³/mol. The summed E-state index contributed by atoms with van der Waals surface area (Å²) >= 11 is 0. The summed E-state index contributed by atoms with van der Waals surface area (Å²) in [4.78, 5) is 34.9. The van der Waals surface area contributed by atoms with E-state index in [9.17, 15) is 14.4 Å². The number of carbonyl (C=O) groups is 3. The van der Waals surface area contributed by atoms with Crippen LogP contribution in [-0.4, -0.2) is 37.4 Å². The molecule has 5 N–H and O–H groups in total. The minimum Gasteiger partial charge on any atom is -0.355 e. The normalized spacial score (nSPS) is 11.2. The molecule has 0 heterocycles. The van der Waals surface area contributed by atoms with E-state index < -0.39 is 6.04 Å². The van der Waals surface area contributed by atoms with Crippen LogP contribution in [0.5, 0.6) is 0 Å². The Labute approximate surface area is 148 Å². The molecule has 3 amide bonds. The number of hydrogen-bond donors (Lipinski definition) is 4. The van der Waals surface area contributed by atoms with Crippen molar-refractivity contribution in [3.63, 3.8) is 0 Å². The van der Waals surface area contributed by atoms with Crippen molar-refractivity contribution in [2.24, 2.45) is 11.7 Å². The summed E-state index contributed by atoms with van der Waals surface area (Å²) in [5.74, 6) is -0.852. The van der Waals surface area contributed by atoms with Crippen molar-refractivity contribution in [2.75, 3.05) is 13.6 Å². The molecule has 0 spiro atoms. The molecule has 134 valence electrons. The van der Waals surface area contributed by atoms with Crippen LogP contribution >= 0.6 is 12.4 Å². The van der Waals surface area contributed by atoms with Gasteiger partial charge in [-0.2, -0.15) is 0 Å². The molecule has 0 aliphatic rings. The van der Waals surface area contributed by atoms with Crippen molar-refractivity contribution in [2.45, 2.75) is 26.4 Å². The van der Waals surface area contributed by atoms with Gasteiger partial charge in [-0.15, -0.1) is 12.4 Å². The highest BCUT2D eigenvalue weighted by atomic mass is 35.5. The zero-order valence-corrected chi connectivity index (χ0v) is 14.9. The highest BCUT2D eigenvalue weighted by Crippen LogP contribution is 2.05. The van der Waals surface area contributed by atoms with Gasteiger partial charge in [0, 0.05) is 19.2 Å². The molecule has 0 unspecified atom stereocenters. The standard InChI is InChI=1S/C16H24N4O3.ClH/c1-10(2)14(17)16(23)20-9-13(21)19-8-11-5-4-6-12(7-11)15(22)18-3;/h4-7,10,14H,8-9,17H2,1-3H3,(H,18,22)(H,19,21)(H,20,23);1H/t14-;/m0./s1. The van der Waals surface area contributed by atoms with Crippen LogP contribution in [0.25, 0.3) is 0 Å². The van der Waals surface area contributed by atoms with E-state index in [1.54, 1.807) is 31.3 Å². The van der Waals surface area contributed by atoms with Gasteiger partial charge in [-0.1, -0.05) is 26.0 Å². The zero-order chi connectivity index (χ0) is 17.4. The van der Waals surface area contributed by atoms with Crippen molar-refractivity contribution in [1.82, 2.24) is 16.0 Å². The molecule has 0 saturated heterocycles. The average Bonchev–Trinajstić information content (AvgIpc) is 2.56. The Morgan fingerprint density at radius 2 is 1.83 bits per heavy atom. The van der Waals surface area contributed by atoms with E-state index >= 15 is 0 Å². The molecule has 1 aromatic rings. The molecule has 0 bridgehead atoms. The largest absolute Gasteiger partial charge is 0.355 e. The Balaban J connectivity index is 0.00000529. The molecule has 0 aromatic heterocycles. The number of amides is 3. The molecular weight excluding hydrogens is 332 g/mol. The highest BCUT2D eigenvalue weighted by molar-refractivity contribution is 5.94. The molecule has 8 heteroatoms. The third kappa shape index (κ3) is 6.97. The Hall–Kier alpha value is -2.12. The molecule has 24 heavy (non-hydrogen) atoms. The first-order valence-electron chi connectivity index (χ1n) is 7.46. The molecule has 0 aliphatic carbocycles. The van der Waals surface area contributed by atoms with Gasteiger partial charge in [0.05, 0.1) is 12.6 Å². The topological polar surface area (TPSA) is 113 Å². The van der Waals surface area contributed by atoms with Gasteiger partial charge in [-0.3, -0.25) is 14.4 Å². The second kappa shape index (κ2) is 10.6. The van der Waals surface area contributed by atoms with E-state index in [2.05, 4.69) is 16.0 Å². The van der Waals surface area contributed by atoms with Gasteiger partial charge in [0.25, 0.3) is 5.91 Å². The summed E-state index contributed by atoms with van der Waals surface area (Å²) < 4.78 is 0. The fourth-order valence-electron chi connectivity index (χ4n) is 1.82. The third-order valence-corrected chi connectivity index (χ3v) is 3.35. The number of hydrogen-bond acceptors (Lipinski definition) is 4. The van der Waals surface area contributed by atoms with Crippen LogP contribution in [0.4, 0.5) is 0 Å². The second-order valence-electron chi connectivity index (χ2n) is 5.54. The number of nitrogens with two attached hydrogens (primary N) is 1. The summed E-state index contributed by atoms with van der Waals surface area (Å²) in [6.07, 6.45) is 0. The molecule has 1 atom stereocenters. The van der Waals surface area contributed by atoms with E-state index in [1.807, 2.05) is 13.8 Å². The minimum absolute atomic E-state index is 0. The van der Waals surface area contributed by atoms with Crippen LogP contribution in [0.1, 0.15) is 29.8 Å². The van der Waals surface area contributed by atoms with Crippen molar-refractivity contribution in [1.29, 1.82) is 0 Å². The van der Waals surface area contributed by atoms with Crippen LogP contribution in [0.15, 0.2) is 24.3 Å². The quantitative estimate of drug-likeness (QED) is 0.558. The maximum atomic E-state index is 11.7. The van der Waals surface area contributed by atoms with Crippen LogP contribution in [0.3, 0.4) is 0 Å². The zero-order valence-electron chi connectivity index (χ0n) is 14.1. The van der Waals surface area contributed by atoms with Gasteiger partial charge < -0.3 is 21.7 Å². The van der Waals surface area contributed by atoms with Crippen LogP contribution in [0.2, 0.25) is 0 Å². The number of benzene rings is 1. The molecule has 0 radical (unpaired) electrons. The summed E-state index contributed by atoms with van der Waals surface area (Å²) in [5, 5.41) is 7.72. The first-order valence-corrected chi connectivity index (χ1v) is 7.46. The van der Waals surface area contributed by atoms with Crippen molar-refractivity contribution in [3.8, 4) is 0 Å². The van der Waals surface area contributed by atoms with Gasteiger partial charge in [-0.05, 0) is 23.6 Å². The summed E-state index contributed by atoms with van der Waals surface area (Å²) in [6, 6.07) is 6.31. The van der Waals surface area contributed by atoms with Crippen molar-refractivity contribution in [3.05, 3.63) is 35.4 Å². The van der Waals surface area contributed by atoms with Crippen LogP contribution < -0.4 is 21.7 Å². The molecule has 1 rings (SSSR count). The number of rotatable bonds is 7. The third-order valence-electron chi connectivity index (χ3n) is 3.35. The first kappa shape index (κ1) is 21.9. The van der Waals surface area contributed by atoms with E-state index in [0.29, 0.717) is 5.56 Å². The lowest BCUT2D eigenvalue weighted by Gasteiger charge is -2.15. The molecule has 0 saturated carbocycles. The number of nitrogens with one attached hydrogen (secondary N) is 3. The van der Waals surface area contributed by atoms with Crippen LogP contribution in [0, 0.1) is 5.92 Å². The molecule has 7 nitrogen and oxygen atoms in total. The summed E-state index contributed by atoms with van der Waals surface area (Å²) in [7, 11) is 1.56. The highest BCUT2D eigenvalue weighted by Gasteiger charge is 2.17. The monoisotopic (exact) mass is 356 g/mol. The van der Waals surface area contributed by atoms with Gasteiger partial charge >= 0.3 is 0 Å². The maximum absolute atomic E-state index is 11.7. The Kier molecular flexibility index (Phi) is 9.68. The SMILES string of the molecule is CNC(=O)c1cccc(CNC(=O)CNC(=O)[C@@H](N)C(C)C)c1.Cl. The first-order chi connectivity index (χ1) is 10.8. The lowest BCUT2D eigenvalue weighted by atomic mass is 10.1. The summed E-state index contributed by atoms with van der Waals surface area (Å²) in [6.45, 7) is 3.82. The minimum atomic E-state index is -0.632. The van der Waals surface area contributed by atoms with Crippen molar-refractivity contribution < 1.29 is 14.4 Å². The van der Waals surface area contributed by atoms with Crippen LogP contribution in [-0.2, 0) is 16.1 Å². The van der Waals surface area contributed by atoms with Gasteiger partial charge in [0.2, 0.25) is 11.8 Å². The number of carbonyl (C=O) groups excluding carboxylic acids is 3. The number of halogens is 1. The van der Waals surface area contributed by atoms with Gasteiger partial charge in [-0.25, -0.2) is 0 Å². The lowest BCUT2D eigenvalue weighted by molar-refractivity contribution is -0.127. The molecule has 0 fully saturated rings. The molecular formula is C16H25ClN4O3. The van der Waals surface area contributed by atoms with E-state index in [4.69, 9.17) is 5.73 Å². The fourth-order valence-corrected chi connectivity index (χ4v) is 1.82. The predicted octanol–water partition coefficient (Wildman–Crippen LogP) is 0.184. The van der Waals surface area contributed by atoms with E-state index in [1.165, 1.54) is 0 Å². The average molecular weight is 357 g/mol. The Morgan fingerprint density at radius 3 is 2.42 bits per heavy atom. The molecule has 1 aromatic carbocycles. The van der Waals surface area contributed by atoms with E-state index in [0.717, 1.165) is 5.56 Å². The molecule has 0 aliphatic heterocycles. The van der Waals surface area contributed by atoms with Crippen molar-refractivity contribution >= 4 is 30.1 Å². The second-order valence-corrected chi connectivity index (χ2v) is 5.54. The lowest BCUT2D eigenvalue weighted by Crippen LogP contribution is -2.47. The van der Waals surface area contributed by atoms with Gasteiger partial charge in [0.1, 0.15) is 0 Å². The smallest absolute Gasteiger partial charge is 0.251 e. The maximum Gasteiger partial charge on any atom is 0.251 e. The Morgan fingerprint density at radius 1 is 1.17 bits per heavy atom.